The minimum Gasteiger partial charge on any atom is -0.507 e. The average Bonchev–Trinajstić information content (AvgIpc) is 2.51. The molecule has 1 saturated carbocycles. The van der Waals surface area contributed by atoms with E-state index in [1.807, 2.05) is 0 Å². The van der Waals surface area contributed by atoms with Crippen LogP contribution in [0.4, 0.5) is 0 Å². The molecule has 1 aromatic carbocycles. The molecule has 3 rings (SSSR count). The number of benzene rings is 1. The Labute approximate surface area is 143 Å². The molecule has 5 heteroatoms. The highest BCUT2D eigenvalue weighted by Gasteiger charge is 2.47. The van der Waals surface area contributed by atoms with Crippen molar-refractivity contribution in [2.24, 2.45) is 11.8 Å². The number of fused-ring (bicyclic) bond motifs is 3. The molecule has 1 amide bonds. The molecule has 1 fully saturated rings. The van der Waals surface area contributed by atoms with Gasteiger partial charge >= 0.3 is 0 Å². The van der Waals surface area contributed by atoms with Crippen molar-refractivity contribution in [3.8, 4) is 11.5 Å². The first-order valence-electron chi connectivity index (χ1n) is 8.79. The van der Waals surface area contributed by atoms with E-state index >= 15 is 0 Å². The monoisotopic (exact) mass is 333 g/mol. The molecule has 1 aromatic rings. The van der Waals surface area contributed by atoms with Crippen molar-refractivity contribution >= 4 is 5.91 Å². The zero-order valence-corrected chi connectivity index (χ0v) is 14.6. The van der Waals surface area contributed by atoms with Crippen LogP contribution in [-0.2, 0) is 0 Å². The van der Waals surface area contributed by atoms with Crippen molar-refractivity contribution in [3.05, 3.63) is 23.3 Å². The lowest BCUT2D eigenvalue weighted by molar-refractivity contribution is -0.0145. The summed E-state index contributed by atoms with van der Waals surface area (Å²) in [7, 11) is 0. The predicted octanol–water partition coefficient (Wildman–Crippen LogP) is 2.81. The number of hydrogen-bond acceptors (Lipinski definition) is 4. The summed E-state index contributed by atoms with van der Waals surface area (Å²) in [6, 6.07) is 3.39. The maximum atomic E-state index is 12.2. The normalized spacial score (nSPS) is 27.6. The summed E-state index contributed by atoms with van der Waals surface area (Å²) in [6.45, 7) is 6.51. The molecule has 0 saturated heterocycles. The van der Waals surface area contributed by atoms with Gasteiger partial charge in [-0.05, 0) is 50.7 Å². The molecule has 0 unspecified atom stereocenters. The van der Waals surface area contributed by atoms with E-state index in [0.29, 0.717) is 17.6 Å². The molecule has 3 atom stereocenters. The van der Waals surface area contributed by atoms with Crippen LogP contribution in [0.15, 0.2) is 12.1 Å². The van der Waals surface area contributed by atoms with Crippen LogP contribution in [0.25, 0.3) is 0 Å². The van der Waals surface area contributed by atoms with Crippen LogP contribution in [-0.4, -0.2) is 34.9 Å². The molecule has 0 spiro atoms. The Morgan fingerprint density at radius 3 is 2.83 bits per heavy atom. The topological polar surface area (TPSA) is 78.8 Å². The van der Waals surface area contributed by atoms with Gasteiger partial charge in [0.2, 0.25) is 0 Å². The molecular weight excluding hydrogens is 306 g/mol. The number of phenols is 1. The van der Waals surface area contributed by atoms with E-state index < -0.39 is 0 Å². The quantitative estimate of drug-likeness (QED) is 0.795. The second kappa shape index (κ2) is 6.28. The highest BCUT2D eigenvalue weighted by atomic mass is 16.5. The summed E-state index contributed by atoms with van der Waals surface area (Å²) in [5, 5.41) is 22.3. The van der Waals surface area contributed by atoms with E-state index in [0.717, 1.165) is 18.4 Å². The third-order valence-corrected chi connectivity index (χ3v) is 5.57. The van der Waals surface area contributed by atoms with Crippen LogP contribution in [0.1, 0.15) is 61.9 Å². The number of ether oxygens (including phenoxy) is 1. The van der Waals surface area contributed by atoms with E-state index in [4.69, 9.17) is 9.84 Å². The molecule has 0 bridgehead atoms. The summed E-state index contributed by atoms with van der Waals surface area (Å²) in [5.41, 5.74) is 0.760. The molecule has 24 heavy (non-hydrogen) atoms. The number of carbonyl (C=O) groups is 1. The van der Waals surface area contributed by atoms with Crippen molar-refractivity contribution < 1.29 is 19.7 Å². The van der Waals surface area contributed by atoms with Gasteiger partial charge in [0.1, 0.15) is 17.1 Å². The fraction of sp³-hybridized carbons (Fsp3) is 0.632. The fourth-order valence-corrected chi connectivity index (χ4v) is 4.38. The predicted molar refractivity (Wildman–Crippen MR) is 91.5 cm³/mol. The van der Waals surface area contributed by atoms with E-state index in [1.54, 1.807) is 12.1 Å². The fourth-order valence-electron chi connectivity index (χ4n) is 4.38. The summed E-state index contributed by atoms with van der Waals surface area (Å²) in [4.78, 5) is 12.2. The highest BCUT2D eigenvalue weighted by Crippen LogP contribution is 2.55. The van der Waals surface area contributed by atoms with Gasteiger partial charge in [-0.15, -0.1) is 0 Å². The van der Waals surface area contributed by atoms with Crippen molar-refractivity contribution in [1.82, 2.24) is 5.32 Å². The Balaban J connectivity index is 2.03. The SMILES string of the molecule is C[C@@H]1CC[C@@H]2[C@@H](C1)c1c(ccc(C(=O)NCCO)c1O)OC2(C)C. The van der Waals surface area contributed by atoms with E-state index in [2.05, 4.69) is 26.1 Å². The van der Waals surface area contributed by atoms with Gasteiger partial charge in [-0.1, -0.05) is 13.3 Å². The third kappa shape index (κ3) is 2.86. The lowest BCUT2D eigenvalue weighted by Gasteiger charge is -2.48. The van der Waals surface area contributed by atoms with E-state index in [1.165, 1.54) is 6.42 Å². The Kier molecular flexibility index (Phi) is 4.47. The van der Waals surface area contributed by atoms with Crippen LogP contribution < -0.4 is 10.1 Å². The molecule has 1 heterocycles. The second-order valence-electron chi connectivity index (χ2n) is 7.69. The van der Waals surface area contributed by atoms with Gasteiger partial charge < -0.3 is 20.3 Å². The van der Waals surface area contributed by atoms with Crippen molar-refractivity contribution in [2.75, 3.05) is 13.2 Å². The maximum Gasteiger partial charge on any atom is 0.255 e. The Morgan fingerprint density at radius 1 is 1.38 bits per heavy atom. The maximum absolute atomic E-state index is 12.2. The van der Waals surface area contributed by atoms with Crippen molar-refractivity contribution in [1.29, 1.82) is 0 Å². The molecule has 0 aromatic heterocycles. The van der Waals surface area contributed by atoms with Crippen LogP contribution in [0.3, 0.4) is 0 Å². The summed E-state index contributed by atoms with van der Waals surface area (Å²) >= 11 is 0. The number of phenolic OH excluding ortho intramolecular Hbond substituents is 1. The number of rotatable bonds is 3. The first-order valence-corrected chi connectivity index (χ1v) is 8.79. The number of nitrogens with one attached hydrogen (secondary N) is 1. The summed E-state index contributed by atoms with van der Waals surface area (Å²) in [6.07, 6.45) is 3.24. The standard InChI is InChI=1S/C19H27NO4/c1-11-4-6-14-13(10-11)16-15(24-19(14,2)3)7-5-12(17(16)22)18(23)20-8-9-21/h5,7,11,13-14,21-22H,4,6,8-10H2,1-3H3,(H,20,23)/t11-,13-,14-/m1/s1. The Bertz CT molecular complexity index is 640. The van der Waals surface area contributed by atoms with Gasteiger partial charge in [-0.2, -0.15) is 0 Å². The van der Waals surface area contributed by atoms with Gasteiger partial charge in [0.25, 0.3) is 5.91 Å². The van der Waals surface area contributed by atoms with Crippen LogP contribution in [0, 0.1) is 11.8 Å². The number of aliphatic hydroxyl groups is 1. The van der Waals surface area contributed by atoms with Gasteiger partial charge in [0.05, 0.1) is 12.2 Å². The summed E-state index contributed by atoms with van der Waals surface area (Å²) in [5.74, 6) is 1.49. The van der Waals surface area contributed by atoms with Crippen LogP contribution in [0.5, 0.6) is 11.5 Å². The first kappa shape index (κ1) is 17.1. The highest BCUT2D eigenvalue weighted by molar-refractivity contribution is 5.97. The molecule has 5 nitrogen and oxygen atoms in total. The lowest BCUT2D eigenvalue weighted by Crippen LogP contribution is -2.46. The number of carbonyl (C=O) groups excluding carboxylic acids is 1. The van der Waals surface area contributed by atoms with Crippen LogP contribution in [0.2, 0.25) is 0 Å². The second-order valence-corrected chi connectivity index (χ2v) is 7.69. The molecule has 1 aliphatic carbocycles. The third-order valence-electron chi connectivity index (χ3n) is 5.57. The van der Waals surface area contributed by atoms with Crippen molar-refractivity contribution in [3.63, 3.8) is 0 Å². The Morgan fingerprint density at radius 2 is 2.12 bits per heavy atom. The number of amides is 1. The largest absolute Gasteiger partial charge is 0.507 e. The first-order chi connectivity index (χ1) is 11.3. The van der Waals surface area contributed by atoms with Gasteiger partial charge in [-0.3, -0.25) is 4.79 Å². The lowest BCUT2D eigenvalue weighted by atomic mass is 9.64. The van der Waals surface area contributed by atoms with Gasteiger partial charge in [0, 0.05) is 18.0 Å². The molecule has 132 valence electrons. The summed E-state index contributed by atoms with van der Waals surface area (Å²) < 4.78 is 6.19. The van der Waals surface area contributed by atoms with Gasteiger partial charge in [-0.25, -0.2) is 0 Å². The Hall–Kier alpha value is -1.75. The van der Waals surface area contributed by atoms with E-state index in [-0.39, 0.29) is 41.9 Å². The molecule has 0 radical (unpaired) electrons. The molecule has 2 aliphatic rings. The van der Waals surface area contributed by atoms with E-state index in [9.17, 15) is 9.90 Å². The minimum atomic E-state index is -0.366. The number of aliphatic hydroxyl groups excluding tert-OH is 1. The zero-order valence-electron chi connectivity index (χ0n) is 14.6. The minimum absolute atomic E-state index is 0.0301. The van der Waals surface area contributed by atoms with Gasteiger partial charge in [0.15, 0.2) is 0 Å². The molecular formula is C19H27NO4. The zero-order chi connectivity index (χ0) is 17.5. The number of aromatic hydroxyl groups is 1. The molecule has 3 N–H and O–H groups in total. The van der Waals surface area contributed by atoms with Crippen molar-refractivity contribution in [2.45, 2.75) is 51.6 Å². The number of hydrogen-bond donors (Lipinski definition) is 3. The molecule has 1 aliphatic heterocycles. The average molecular weight is 333 g/mol. The van der Waals surface area contributed by atoms with Crippen LogP contribution >= 0.6 is 0 Å². The smallest absolute Gasteiger partial charge is 0.255 e.